The SMILES string of the molecule is Cc1ccc2oc(C3CCN(c4c(C(N)=O)c(=O)n(C)c5ccc(P(C)(C)=O)cc45)CC3)nc2c1. The van der Waals surface area contributed by atoms with Gasteiger partial charge in [0.25, 0.3) is 11.5 Å². The summed E-state index contributed by atoms with van der Waals surface area (Å²) in [5, 5.41) is 1.40. The lowest BCUT2D eigenvalue weighted by molar-refractivity contribution is 0.0999. The monoisotopic (exact) mass is 492 g/mol. The van der Waals surface area contributed by atoms with E-state index in [2.05, 4.69) is 0 Å². The Labute approximate surface area is 203 Å². The zero-order valence-electron chi connectivity index (χ0n) is 20.4. The molecule has 0 spiro atoms. The summed E-state index contributed by atoms with van der Waals surface area (Å²) in [6, 6.07) is 11.4. The number of primary amides is 1. The van der Waals surface area contributed by atoms with E-state index in [1.54, 1.807) is 32.5 Å². The lowest BCUT2D eigenvalue weighted by Gasteiger charge is -2.34. The number of amides is 1. The van der Waals surface area contributed by atoms with Gasteiger partial charge in [-0.15, -0.1) is 0 Å². The number of nitrogens with zero attached hydrogens (tertiary/aromatic N) is 3. The van der Waals surface area contributed by atoms with Gasteiger partial charge in [0.15, 0.2) is 11.5 Å². The Morgan fingerprint density at radius 3 is 2.51 bits per heavy atom. The third kappa shape index (κ3) is 4.06. The van der Waals surface area contributed by atoms with Gasteiger partial charge in [-0.3, -0.25) is 9.59 Å². The summed E-state index contributed by atoms with van der Waals surface area (Å²) in [4.78, 5) is 32.4. The molecule has 2 aromatic carbocycles. The van der Waals surface area contributed by atoms with E-state index in [9.17, 15) is 14.2 Å². The highest BCUT2D eigenvalue weighted by Gasteiger charge is 2.30. The fraction of sp³-hybridized carbons (Fsp3) is 0.346. The van der Waals surface area contributed by atoms with Gasteiger partial charge in [0.05, 0.1) is 11.2 Å². The smallest absolute Gasteiger partial charge is 0.265 e. The molecule has 0 atom stereocenters. The molecule has 3 heterocycles. The lowest BCUT2D eigenvalue weighted by atomic mass is 9.95. The van der Waals surface area contributed by atoms with E-state index in [1.165, 1.54) is 4.57 Å². The zero-order chi connectivity index (χ0) is 25.1. The first kappa shape index (κ1) is 23.4. The Bertz CT molecular complexity index is 1590. The predicted molar refractivity (Wildman–Crippen MR) is 140 cm³/mol. The highest BCUT2D eigenvalue weighted by atomic mass is 31.2. The molecule has 182 valence electrons. The quantitative estimate of drug-likeness (QED) is 0.435. The number of nitrogens with two attached hydrogens (primary N) is 1. The number of carbonyl (C=O) groups excluding carboxylic acids is 1. The van der Waals surface area contributed by atoms with Crippen molar-refractivity contribution in [2.45, 2.75) is 25.7 Å². The molecule has 5 rings (SSSR count). The van der Waals surface area contributed by atoms with Crippen LogP contribution in [0.3, 0.4) is 0 Å². The summed E-state index contributed by atoms with van der Waals surface area (Å²) in [7, 11) is -0.935. The van der Waals surface area contributed by atoms with Crippen molar-refractivity contribution in [3.63, 3.8) is 0 Å². The van der Waals surface area contributed by atoms with Gasteiger partial charge < -0.3 is 24.2 Å². The van der Waals surface area contributed by atoms with Crippen LogP contribution in [0, 0.1) is 6.92 Å². The maximum atomic E-state index is 13.1. The highest BCUT2D eigenvalue weighted by molar-refractivity contribution is 7.70. The van der Waals surface area contributed by atoms with Crippen molar-refractivity contribution in [2.24, 2.45) is 12.8 Å². The lowest BCUT2D eigenvalue weighted by Crippen LogP contribution is -2.38. The van der Waals surface area contributed by atoms with Crippen LogP contribution >= 0.6 is 7.14 Å². The standard InChI is InChI=1S/C26H29N4O4P/c1-15-5-8-21-19(13-15)28-25(34-21)16-9-11-30(12-10-16)23-18-14-17(35(3,4)33)6-7-20(18)29(2)26(32)22(23)24(27)31/h5-8,13-14,16H,9-12H2,1-4H3,(H2,27,31). The predicted octanol–water partition coefficient (Wildman–Crippen LogP) is 3.72. The van der Waals surface area contributed by atoms with Gasteiger partial charge in [0, 0.05) is 36.7 Å². The van der Waals surface area contributed by atoms with Crippen LogP contribution < -0.4 is 21.5 Å². The van der Waals surface area contributed by atoms with Gasteiger partial charge in [-0.2, -0.15) is 0 Å². The number of pyridine rings is 1. The maximum Gasteiger partial charge on any atom is 0.265 e. The van der Waals surface area contributed by atoms with Crippen LogP contribution in [0.4, 0.5) is 5.69 Å². The van der Waals surface area contributed by atoms with Crippen molar-refractivity contribution >= 4 is 46.0 Å². The number of hydrogen-bond acceptors (Lipinski definition) is 6. The van der Waals surface area contributed by atoms with Crippen LogP contribution in [0.1, 0.15) is 40.6 Å². The van der Waals surface area contributed by atoms with E-state index in [-0.39, 0.29) is 11.5 Å². The number of benzene rings is 2. The number of aromatic nitrogens is 2. The first-order valence-corrected chi connectivity index (χ1v) is 14.3. The van der Waals surface area contributed by atoms with Crippen molar-refractivity contribution in [1.82, 2.24) is 9.55 Å². The average molecular weight is 493 g/mol. The first-order valence-electron chi connectivity index (χ1n) is 11.7. The van der Waals surface area contributed by atoms with Gasteiger partial charge in [0.2, 0.25) is 0 Å². The molecule has 0 unspecified atom stereocenters. The third-order valence-corrected chi connectivity index (χ3v) is 8.46. The van der Waals surface area contributed by atoms with E-state index in [4.69, 9.17) is 15.1 Å². The summed E-state index contributed by atoms with van der Waals surface area (Å²) in [5.74, 6) is 0.0887. The number of rotatable bonds is 4. The molecule has 35 heavy (non-hydrogen) atoms. The number of piperidine rings is 1. The molecule has 1 saturated heterocycles. The van der Waals surface area contributed by atoms with E-state index in [1.807, 2.05) is 36.1 Å². The number of anilines is 1. The fourth-order valence-electron chi connectivity index (χ4n) is 4.98. The molecule has 9 heteroatoms. The van der Waals surface area contributed by atoms with Gasteiger partial charge in [-0.1, -0.05) is 6.07 Å². The molecule has 0 radical (unpaired) electrons. The van der Waals surface area contributed by atoms with Crippen LogP contribution in [0.25, 0.3) is 22.0 Å². The molecule has 1 fully saturated rings. The number of carbonyl (C=O) groups is 1. The fourth-order valence-corrected chi connectivity index (χ4v) is 5.86. The molecule has 2 aromatic heterocycles. The summed E-state index contributed by atoms with van der Waals surface area (Å²) < 4.78 is 20.3. The van der Waals surface area contributed by atoms with Crippen molar-refractivity contribution in [2.75, 3.05) is 31.3 Å². The molecule has 0 bridgehead atoms. The average Bonchev–Trinajstić information content (AvgIpc) is 3.23. The molecule has 8 nitrogen and oxygen atoms in total. The van der Waals surface area contributed by atoms with E-state index >= 15 is 0 Å². The van der Waals surface area contributed by atoms with Gasteiger partial charge in [0.1, 0.15) is 18.2 Å². The van der Waals surface area contributed by atoms with Gasteiger partial charge >= 0.3 is 0 Å². The summed E-state index contributed by atoms with van der Waals surface area (Å²) in [6.45, 7) is 6.64. The maximum absolute atomic E-state index is 13.1. The Morgan fingerprint density at radius 1 is 1.14 bits per heavy atom. The van der Waals surface area contributed by atoms with E-state index < -0.39 is 18.6 Å². The number of oxazole rings is 1. The van der Waals surface area contributed by atoms with Gasteiger partial charge in [-0.25, -0.2) is 4.98 Å². The van der Waals surface area contributed by atoms with Crippen LogP contribution in [0.2, 0.25) is 0 Å². The van der Waals surface area contributed by atoms with Crippen LogP contribution in [0.15, 0.2) is 45.6 Å². The minimum absolute atomic E-state index is 0.0324. The van der Waals surface area contributed by atoms with Crippen LogP contribution in [-0.4, -0.2) is 41.9 Å². The third-order valence-electron chi connectivity index (χ3n) is 6.94. The second kappa shape index (κ2) is 8.38. The molecular weight excluding hydrogens is 463 g/mol. The molecule has 4 aromatic rings. The van der Waals surface area contributed by atoms with Crippen LogP contribution in [-0.2, 0) is 11.6 Å². The highest BCUT2D eigenvalue weighted by Crippen LogP contribution is 2.39. The number of fused-ring (bicyclic) bond motifs is 2. The Balaban J connectivity index is 1.56. The van der Waals surface area contributed by atoms with E-state index in [0.29, 0.717) is 35.0 Å². The summed E-state index contributed by atoms with van der Waals surface area (Å²) in [6.07, 6.45) is 1.50. The Morgan fingerprint density at radius 2 is 1.86 bits per heavy atom. The second-order valence-corrected chi connectivity index (χ2v) is 13.0. The summed E-state index contributed by atoms with van der Waals surface area (Å²) in [5.41, 5.74) is 9.21. The largest absolute Gasteiger partial charge is 0.440 e. The minimum atomic E-state index is -2.56. The topological polar surface area (TPSA) is 111 Å². The summed E-state index contributed by atoms with van der Waals surface area (Å²) >= 11 is 0. The zero-order valence-corrected chi connectivity index (χ0v) is 21.3. The number of aryl methyl sites for hydroxylation is 2. The Hall–Kier alpha value is -3.38. The molecule has 0 saturated carbocycles. The second-order valence-electron chi connectivity index (χ2n) is 9.79. The van der Waals surface area contributed by atoms with Crippen molar-refractivity contribution < 1.29 is 13.8 Å². The van der Waals surface area contributed by atoms with Crippen molar-refractivity contribution in [3.8, 4) is 0 Å². The molecule has 1 aliphatic rings. The molecule has 2 N–H and O–H groups in total. The molecular formula is C26H29N4O4P. The van der Waals surface area contributed by atoms with Gasteiger partial charge in [-0.05, 0) is 69.0 Å². The molecule has 0 aliphatic carbocycles. The molecule has 1 aliphatic heterocycles. The first-order chi connectivity index (χ1) is 16.5. The minimum Gasteiger partial charge on any atom is -0.440 e. The van der Waals surface area contributed by atoms with E-state index in [0.717, 1.165) is 35.4 Å². The van der Waals surface area contributed by atoms with Crippen LogP contribution in [0.5, 0.6) is 0 Å². The van der Waals surface area contributed by atoms with Crippen molar-refractivity contribution in [3.05, 3.63) is 63.8 Å². The number of hydrogen-bond donors (Lipinski definition) is 1. The van der Waals surface area contributed by atoms with Crippen molar-refractivity contribution in [1.29, 1.82) is 0 Å². The Kier molecular flexibility index (Phi) is 5.59. The normalized spacial score (nSPS) is 15.3. The molecule has 1 amide bonds.